The number of rotatable bonds is 6. The third kappa shape index (κ3) is 4.74. The summed E-state index contributed by atoms with van der Waals surface area (Å²) in [7, 11) is 3.11. The summed E-state index contributed by atoms with van der Waals surface area (Å²) in [6.45, 7) is 1.42. The highest BCUT2D eigenvalue weighted by Crippen LogP contribution is 2.28. The molecule has 0 radical (unpaired) electrons. The molecule has 0 aliphatic rings. The van der Waals surface area contributed by atoms with Crippen molar-refractivity contribution in [1.29, 1.82) is 0 Å². The number of hydrogen-bond donors (Lipinski definition) is 2. The van der Waals surface area contributed by atoms with Gasteiger partial charge in [0.1, 0.15) is 11.5 Å². The van der Waals surface area contributed by atoms with Gasteiger partial charge in [0.2, 0.25) is 11.8 Å². The van der Waals surface area contributed by atoms with Crippen LogP contribution in [0.4, 0.5) is 11.4 Å². The average Bonchev–Trinajstić information content (AvgIpc) is 2.55. The van der Waals surface area contributed by atoms with Gasteiger partial charge in [-0.25, -0.2) is 0 Å². The summed E-state index contributed by atoms with van der Waals surface area (Å²) in [6, 6.07) is 12.3. The van der Waals surface area contributed by atoms with Crippen LogP contribution in [0.25, 0.3) is 0 Å². The quantitative estimate of drug-likeness (QED) is 0.855. The molecule has 2 aromatic carbocycles. The highest BCUT2D eigenvalue weighted by atomic mass is 16.5. The first-order valence-corrected chi connectivity index (χ1v) is 7.40. The van der Waals surface area contributed by atoms with Crippen molar-refractivity contribution in [3.63, 3.8) is 0 Å². The minimum absolute atomic E-state index is 0.182. The molecule has 0 aliphatic carbocycles. The SMILES string of the molecule is COc1ccc(CC(=O)Nc2cc(NC(C)=O)ccc2OC)cc1. The molecule has 126 valence electrons. The van der Waals surface area contributed by atoms with Crippen molar-refractivity contribution >= 4 is 23.2 Å². The number of amides is 2. The number of anilines is 2. The van der Waals surface area contributed by atoms with Gasteiger partial charge in [0, 0.05) is 12.6 Å². The van der Waals surface area contributed by atoms with Gasteiger partial charge in [-0.2, -0.15) is 0 Å². The van der Waals surface area contributed by atoms with Crippen LogP contribution < -0.4 is 20.1 Å². The molecule has 2 rings (SSSR count). The molecule has 0 saturated heterocycles. The summed E-state index contributed by atoms with van der Waals surface area (Å²) in [5.74, 6) is 0.894. The van der Waals surface area contributed by atoms with Crippen molar-refractivity contribution in [3.05, 3.63) is 48.0 Å². The van der Waals surface area contributed by atoms with Crippen molar-refractivity contribution in [2.75, 3.05) is 24.9 Å². The molecule has 6 heteroatoms. The van der Waals surface area contributed by atoms with Gasteiger partial charge in [0.15, 0.2) is 0 Å². The Morgan fingerprint density at radius 1 is 0.958 bits per heavy atom. The van der Waals surface area contributed by atoms with E-state index in [-0.39, 0.29) is 18.2 Å². The molecule has 2 aromatic rings. The molecular formula is C18H20N2O4. The molecule has 0 atom stereocenters. The maximum atomic E-state index is 12.3. The summed E-state index contributed by atoms with van der Waals surface area (Å²) in [5.41, 5.74) is 1.95. The number of ether oxygens (including phenoxy) is 2. The molecule has 2 amide bonds. The number of nitrogens with one attached hydrogen (secondary N) is 2. The zero-order valence-corrected chi connectivity index (χ0v) is 13.9. The first-order valence-electron chi connectivity index (χ1n) is 7.40. The topological polar surface area (TPSA) is 76.7 Å². The van der Waals surface area contributed by atoms with Crippen molar-refractivity contribution in [1.82, 2.24) is 0 Å². The van der Waals surface area contributed by atoms with Gasteiger partial charge < -0.3 is 20.1 Å². The standard InChI is InChI=1S/C18H20N2O4/c1-12(21)19-14-6-9-17(24-3)16(11-14)20-18(22)10-13-4-7-15(23-2)8-5-13/h4-9,11H,10H2,1-3H3,(H,19,21)(H,20,22). The average molecular weight is 328 g/mol. The van der Waals surface area contributed by atoms with E-state index in [0.717, 1.165) is 11.3 Å². The van der Waals surface area contributed by atoms with Crippen LogP contribution in [-0.2, 0) is 16.0 Å². The summed E-state index contributed by atoms with van der Waals surface area (Å²) in [6.07, 6.45) is 0.220. The third-order valence-corrected chi connectivity index (χ3v) is 3.32. The van der Waals surface area contributed by atoms with Crippen LogP contribution in [0.2, 0.25) is 0 Å². The summed E-state index contributed by atoms with van der Waals surface area (Å²) >= 11 is 0. The van der Waals surface area contributed by atoms with Crippen molar-refractivity contribution in [3.8, 4) is 11.5 Å². The fourth-order valence-electron chi connectivity index (χ4n) is 2.21. The van der Waals surface area contributed by atoms with Gasteiger partial charge in [-0.3, -0.25) is 9.59 Å². The predicted molar refractivity (Wildman–Crippen MR) is 92.6 cm³/mol. The Morgan fingerprint density at radius 3 is 2.25 bits per heavy atom. The van der Waals surface area contributed by atoms with E-state index in [1.807, 2.05) is 12.1 Å². The van der Waals surface area contributed by atoms with Gasteiger partial charge in [-0.05, 0) is 35.9 Å². The van der Waals surface area contributed by atoms with Crippen LogP contribution in [0, 0.1) is 0 Å². The molecule has 6 nitrogen and oxygen atoms in total. The second-order valence-corrected chi connectivity index (χ2v) is 5.17. The first-order chi connectivity index (χ1) is 11.5. The number of hydrogen-bond acceptors (Lipinski definition) is 4. The Balaban J connectivity index is 2.09. The smallest absolute Gasteiger partial charge is 0.228 e. The first kappa shape index (κ1) is 17.3. The van der Waals surface area contributed by atoms with E-state index < -0.39 is 0 Å². The van der Waals surface area contributed by atoms with E-state index >= 15 is 0 Å². The van der Waals surface area contributed by atoms with Gasteiger partial charge in [0.25, 0.3) is 0 Å². The van der Waals surface area contributed by atoms with Crippen molar-refractivity contribution < 1.29 is 19.1 Å². The van der Waals surface area contributed by atoms with Crippen LogP contribution in [0.15, 0.2) is 42.5 Å². The minimum atomic E-state index is -0.185. The largest absolute Gasteiger partial charge is 0.497 e. The van der Waals surface area contributed by atoms with Crippen LogP contribution in [0.1, 0.15) is 12.5 Å². The summed E-state index contributed by atoms with van der Waals surface area (Å²) in [4.78, 5) is 23.4. The number of carbonyl (C=O) groups excluding carboxylic acids is 2. The van der Waals surface area contributed by atoms with Crippen LogP contribution >= 0.6 is 0 Å². The lowest BCUT2D eigenvalue weighted by Crippen LogP contribution is -2.15. The fraction of sp³-hybridized carbons (Fsp3) is 0.222. The molecule has 24 heavy (non-hydrogen) atoms. The number of carbonyl (C=O) groups is 2. The van der Waals surface area contributed by atoms with Crippen LogP contribution in [0.5, 0.6) is 11.5 Å². The van der Waals surface area contributed by atoms with Gasteiger partial charge in [-0.1, -0.05) is 12.1 Å². The molecule has 0 saturated carbocycles. The lowest BCUT2D eigenvalue weighted by atomic mass is 10.1. The van der Waals surface area contributed by atoms with Crippen molar-refractivity contribution in [2.24, 2.45) is 0 Å². The van der Waals surface area contributed by atoms with E-state index in [2.05, 4.69) is 10.6 Å². The Kier molecular flexibility index (Phi) is 5.78. The number of benzene rings is 2. The Hall–Kier alpha value is -3.02. The monoisotopic (exact) mass is 328 g/mol. The molecule has 0 spiro atoms. The van der Waals surface area contributed by atoms with Crippen LogP contribution in [-0.4, -0.2) is 26.0 Å². The maximum Gasteiger partial charge on any atom is 0.228 e. The highest BCUT2D eigenvalue weighted by molar-refractivity contribution is 5.95. The molecular weight excluding hydrogens is 308 g/mol. The Labute approximate surface area is 140 Å². The maximum absolute atomic E-state index is 12.3. The lowest BCUT2D eigenvalue weighted by Gasteiger charge is -2.12. The normalized spacial score (nSPS) is 9.96. The third-order valence-electron chi connectivity index (χ3n) is 3.32. The van der Waals surface area contributed by atoms with E-state index in [9.17, 15) is 9.59 Å². The molecule has 0 bridgehead atoms. The molecule has 0 fully saturated rings. The molecule has 0 aromatic heterocycles. The lowest BCUT2D eigenvalue weighted by molar-refractivity contribution is -0.116. The van der Waals surface area contributed by atoms with E-state index in [1.54, 1.807) is 37.4 Å². The Morgan fingerprint density at radius 2 is 1.67 bits per heavy atom. The van der Waals surface area contributed by atoms with Gasteiger partial charge >= 0.3 is 0 Å². The summed E-state index contributed by atoms with van der Waals surface area (Å²) in [5, 5.41) is 5.48. The molecule has 2 N–H and O–H groups in total. The summed E-state index contributed by atoms with van der Waals surface area (Å²) < 4.78 is 10.3. The highest BCUT2D eigenvalue weighted by Gasteiger charge is 2.10. The van der Waals surface area contributed by atoms with E-state index in [0.29, 0.717) is 17.1 Å². The van der Waals surface area contributed by atoms with Crippen molar-refractivity contribution in [2.45, 2.75) is 13.3 Å². The fourth-order valence-corrected chi connectivity index (χ4v) is 2.21. The zero-order chi connectivity index (χ0) is 17.5. The van der Waals surface area contributed by atoms with Crippen LogP contribution in [0.3, 0.4) is 0 Å². The molecule has 0 heterocycles. The van der Waals surface area contributed by atoms with Gasteiger partial charge in [-0.15, -0.1) is 0 Å². The van der Waals surface area contributed by atoms with E-state index in [4.69, 9.17) is 9.47 Å². The molecule has 0 aliphatic heterocycles. The second kappa shape index (κ2) is 8.01. The van der Waals surface area contributed by atoms with E-state index in [1.165, 1.54) is 14.0 Å². The second-order valence-electron chi connectivity index (χ2n) is 5.17. The predicted octanol–water partition coefficient (Wildman–Crippen LogP) is 2.84. The Bertz CT molecular complexity index is 726. The zero-order valence-electron chi connectivity index (χ0n) is 13.9. The number of methoxy groups -OCH3 is 2. The minimum Gasteiger partial charge on any atom is -0.497 e. The molecule has 0 unspecified atom stereocenters. The van der Waals surface area contributed by atoms with Gasteiger partial charge in [0.05, 0.1) is 26.3 Å².